The van der Waals surface area contributed by atoms with Crippen molar-refractivity contribution in [2.45, 2.75) is 50.8 Å². The number of likely N-dealkylation sites (N-methyl/N-ethyl adjacent to an activating group) is 2. The van der Waals surface area contributed by atoms with Gasteiger partial charge in [0.15, 0.2) is 0 Å². The molecule has 0 aromatic heterocycles. The first kappa shape index (κ1) is 18.7. The zero-order chi connectivity index (χ0) is 17.6. The smallest absolute Gasteiger partial charge is 0.317 e. The summed E-state index contributed by atoms with van der Waals surface area (Å²) in [7, 11) is 3.81. The molecule has 1 fully saturated rings. The number of nitrogens with zero attached hydrogens (tertiary/aromatic N) is 2. The van der Waals surface area contributed by atoms with E-state index in [0.717, 1.165) is 38.8 Å². The number of hydrogen-bond acceptors (Lipinski definition) is 3. The van der Waals surface area contributed by atoms with E-state index in [1.54, 1.807) is 11.9 Å². The fraction of sp³-hybridized carbons (Fsp3) is 0.632. The quantitative estimate of drug-likeness (QED) is 0.806. The molecule has 1 aliphatic rings. The molecule has 2 N–H and O–H groups in total. The van der Waals surface area contributed by atoms with Crippen molar-refractivity contribution in [1.82, 2.24) is 15.1 Å². The van der Waals surface area contributed by atoms with E-state index < -0.39 is 5.60 Å². The second-order valence-corrected chi connectivity index (χ2v) is 7.32. The molecule has 0 heterocycles. The molecule has 0 radical (unpaired) electrons. The lowest BCUT2D eigenvalue weighted by Crippen LogP contribution is -2.50. The second-order valence-electron chi connectivity index (χ2n) is 7.32. The van der Waals surface area contributed by atoms with E-state index in [2.05, 4.69) is 29.4 Å². The van der Waals surface area contributed by atoms with Gasteiger partial charge in [0.05, 0.1) is 12.1 Å². The molecule has 5 heteroatoms. The molecule has 24 heavy (non-hydrogen) atoms. The monoisotopic (exact) mass is 333 g/mol. The molecule has 0 saturated heterocycles. The standard InChI is InChI=1S/C19H31N3O2/c1-16(13-21(2)14-17-9-5-4-6-10-17)20-18(23)22(3)15-19(24)11-7-8-12-19/h4-6,9-10,16,24H,7-8,11-15H2,1-3H3,(H,20,23). The lowest BCUT2D eigenvalue weighted by Gasteiger charge is -2.30. The van der Waals surface area contributed by atoms with Crippen LogP contribution in [0.3, 0.4) is 0 Å². The number of benzene rings is 1. The van der Waals surface area contributed by atoms with Crippen molar-refractivity contribution in [3.05, 3.63) is 35.9 Å². The van der Waals surface area contributed by atoms with Gasteiger partial charge < -0.3 is 20.2 Å². The third-order valence-corrected chi connectivity index (χ3v) is 4.66. The second kappa shape index (κ2) is 8.49. The average molecular weight is 333 g/mol. The first-order valence-corrected chi connectivity index (χ1v) is 8.84. The Hall–Kier alpha value is -1.59. The number of carbonyl (C=O) groups excluding carboxylic acids is 1. The summed E-state index contributed by atoms with van der Waals surface area (Å²) in [5.41, 5.74) is 0.568. The molecule has 1 aromatic carbocycles. The Morgan fingerprint density at radius 1 is 1.25 bits per heavy atom. The first-order chi connectivity index (χ1) is 11.4. The summed E-state index contributed by atoms with van der Waals surface area (Å²) < 4.78 is 0. The highest BCUT2D eigenvalue weighted by atomic mass is 16.3. The van der Waals surface area contributed by atoms with Gasteiger partial charge in [-0.1, -0.05) is 43.2 Å². The van der Waals surface area contributed by atoms with Crippen LogP contribution in [0.1, 0.15) is 38.2 Å². The van der Waals surface area contributed by atoms with Crippen LogP contribution in [-0.4, -0.2) is 59.8 Å². The van der Waals surface area contributed by atoms with Crippen LogP contribution in [0.5, 0.6) is 0 Å². The number of nitrogens with one attached hydrogen (secondary N) is 1. The molecule has 2 rings (SSSR count). The highest BCUT2D eigenvalue weighted by Gasteiger charge is 2.33. The van der Waals surface area contributed by atoms with Crippen LogP contribution in [-0.2, 0) is 6.54 Å². The van der Waals surface area contributed by atoms with Gasteiger partial charge in [-0.15, -0.1) is 0 Å². The molecular weight excluding hydrogens is 302 g/mol. The van der Waals surface area contributed by atoms with Crippen molar-refractivity contribution in [3.8, 4) is 0 Å². The summed E-state index contributed by atoms with van der Waals surface area (Å²) in [6.07, 6.45) is 3.68. The van der Waals surface area contributed by atoms with Gasteiger partial charge in [-0.2, -0.15) is 0 Å². The van der Waals surface area contributed by atoms with Gasteiger partial charge in [0, 0.05) is 26.2 Å². The summed E-state index contributed by atoms with van der Waals surface area (Å²) in [6, 6.07) is 10.2. The predicted octanol–water partition coefficient (Wildman–Crippen LogP) is 2.45. The Morgan fingerprint density at radius 2 is 1.88 bits per heavy atom. The van der Waals surface area contributed by atoms with E-state index in [9.17, 15) is 9.90 Å². The van der Waals surface area contributed by atoms with Gasteiger partial charge in [0.1, 0.15) is 0 Å². The fourth-order valence-corrected chi connectivity index (χ4v) is 3.50. The summed E-state index contributed by atoms with van der Waals surface area (Å²) in [4.78, 5) is 16.1. The van der Waals surface area contributed by atoms with Crippen LogP contribution in [0.4, 0.5) is 4.79 Å². The highest BCUT2D eigenvalue weighted by molar-refractivity contribution is 5.74. The van der Waals surface area contributed by atoms with Crippen LogP contribution in [0.2, 0.25) is 0 Å². The highest BCUT2D eigenvalue weighted by Crippen LogP contribution is 2.29. The minimum atomic E-state index is -0.695. The molecule has 1 saturated carbocycles. The van der Waals surface area contributed by atoms with Crippen LogP contribution in [0, 0.1) is 0 Å². The van der Waals surface area contributed by atoms with Crippen LogP contribution in [0.15, 0.2) is 30.3 Å². The number of hydrogen-bond donors (Lipinski definition) is 2. The van der Waals surface area contributed by atoms with Crippen molar-refractivity contribution >= 4 is 6.03 Å². The minimum absolute atomic E-state index is 0.0480. The molecule has 134 valence electrons. The fourth-order valence-electron chi connectivity index (χ4n) is 3.50. The van der Waals surface area contributed by atoms with Crippen LogP contribution >= 0.6 is 0 Å². The van der Waals surface area contributed by atoms with Gasteiger partial charge in [-0.3, -0.25) is 0 Å². The van der Waals surface area contributed by atoms with E-state index >= 15 is 0 Å². The molecule has 5 nitrogen and oxygen atoms in total. The molecule has 1 atom stereocenters. The Balaban J connectivity index is 1.74. The molecule has 1 aliphatic carbocycles. The maximum atomic E-state index is 12.3. The molecule has 0 spiro atoms. The maximum Gasteiger partial charge on any atom is 0.317 e. The zero-order valence-electron chi connectivity index (χ0n) is 15.2. The molecule has 0 bridgehead atoms. The van der Waals surface area contributed by atoms with Crippen molar-refractivity contribution in [2.75, 3.05) is 27.2 Å². The average Bonchev–Trinajstić information content (AvgIpc) is 2.94. The lowest BCUT2D eigenvalue weighted by atomic mass is 10.0. The Bertz CT molecular complexity index is 515. The van der Waals surface area contributed by atoms with Crippen molar-refractivity contribution in [1.29, 1.82) is 0 Å². The summed E-state index contributed by atoms with van der Waals surface area (Å²) in [5.74, 6) is 0. The summed E-state index contributed by atoms with van der Waals surface area (Å²) in [5, 5.41) is 13.4. The van der Waals surface area contributed by atoms with Gasteiger partial charge >= 0.3 is 6.03 Å². The Morgan fingerprint density at radius 3 is 2.50 bits per heavy atom. The third-order valence-electron chi connectivity index (χ3n) is 4.66. The van der Waals surface area contributed by atoms with Gasteiger partial charge in [0.2, 0.25) is 0 Å². The number of urea groups is 1. The van der Waals surface area contributed by atoms with E-state index in [1.165, 1.54) is 5.56 Å². The van der Waals surface area contributed by atoms with E-state index in [1.807, 2.05) is 25.1 Å². The van der Waals surface area contributed by atoms with Gasteiger partial charge in [0.25, 0.3) is 0 Å². The van der Waals surface area contributed by atoms with E-state index in [4.69, 9.17) is 0 Å². The number of aliphatic hydroxyl groups is 1. The van der Waals surface area contributed by atoms with E-state index in [0.29, 0.717) is 6.54 Å². The van der Waals surface area contributed by atoms with Crippen molar-refractivity contribution < 1.29 is 9.90 Å². The summed E-state index contributed by atoms with van der Waals surface area (Å²) >= 11 is 0. The SMILES string of the molecule is CC(CN(C)Cc1ccccc1)NC(=O)N(C)CC1(O)CCCC1. The largest absolute Gasteiger partial charge is 0.388 e. The van der Waals surface area contributed by atoms with E-state index in [-0.39, 0.29) is 12.1 Å². The molecular formula is C19H31N3O2. The normalized spacial score (nSPS) is 17.7. The van der Waals surface area contributed by atoms with Crippen molar-refractivity contribution in [2.24, 2.45) is 0 Å². The Labute approximate surface area is 145 Å². The predicted molar refractivity (Wildman–Crippen MR) is 96.8 cm³/mol. The molecule has 2 amide bonds. The van der Waals surface area contributed by atoms with Gasteiger partial charge in [-0.05, 0) is 32.4 Å². The van der Waals surface area contributed by atoms with Crippen LogP contribution < -0.4 is 5.32 Å². The summed E-state index contributed by atoms with van der Waals surface area (Å²) in [6.45, 7) is 4.05. The Kier molecular flexibility index (Phi) is 6.63. The van der Waals surface area contributed by atoms with Crippen LogP contribution in [0.25, 0.3) is 0 Å². The third kappa shape index (κ3) is 5.80. The lowest BCUT2D eigenvalue weighted by molar-refractivity contribution is 0.0244. The zero-order valence-corrected chi connectivity index (χ0v) is 15.2. The minimum Gasteiger partial charge on any atom is -0.388 e. The van der Waals surface area contributed by atoms with Crippen molar-refractivity contribution in [3.63, 3.8) is 0 Å². The molecule has 0 aliphatic heterocycles. The maximum absolute atomic E-state index is 12.3. The number of carbonyl (C=O) groups is 1. The molecule has 1 aromatic rings. The number of amides is 2. The van der Waals surface area contributed by atoms with Gasteiger partial charge in [-0.25, -0.2) is 4.79 Å². The first-order valence-electron chi connectivity index (χ1n) is 8.84. The molecule has 1 unspecified atom stereocenters. The topological polar surface area (TPSA) is 55.8 Å². The number of rotatable bonds is 7.